The van der Waals surface area contributed by atoms with Gasteiger partial charge in [-0.3, -0.25) is 4.68 Å². The molecule has 108 valence electrons. The number of hydrogen-bond acceptors (Lipinski definition) is 3. The molecule has 4 nitrogen and oxygen atoms in total. The van der Waals surface area contributed by atoms with E-state index in [1.165, 1.54) is 0 Å². The molecule has 0 aliphatic rings. The lowest BCUT2D eigenvalue weighted by atomic mass is 10.2. The molecule has 2 rings (SSSR count). The highest BCUT2D eigenvalue weighted by molar-refractivity contribution is 6.17. The molecule has 0 atom stereocenters. The van der Waals surface area contributed by atoms with Gasteiger partial charge in [0.2, 0.25) is 5.88 Å². The molecule has 20 heavy (non-hydrogen) atoms. The summed E-state index contributed by atoms with van der Waals surface area (Å²) < 4.78 is 7.65. The van der Waals surface area contributed by atoms with Crippen molar-refractivity contribution in [2.75, 3.05) is 0 Å². The third-order valence-corrected chi connectivity index (χ3v) is 3.17. The number of rotatable bonds is 7. The highest BCUT2D eigenvalue weighted by Crippen LogP contribution is 2.22. The summed E-state index contributed by atoms with van der Waals surface area (Å²) in [6.07, 6.45) is 6.62. The Morgan fingerprint density at radius 1 is 1.25 bits per heavy atom. The molecule has 0 fully saturated rings. The van der Waals surface area contributed by atoms with Crippen molar-refractivity contribution in [2.24, 2.45) is 0 Å². The Hall–Kier alpha value is -1.55. The molecule has 0 N–H and O–H groups in total. The zero-order chi connectivity index (χ0) is 14.4. The van der Waals surface area contributed by atoms with Crippen LogP contribution in [-0.4, -0.2) is 14.8 Å². The van der Waals surface area contributed by atoms with Gasteiger partial charge in [-0.2, -0.15) is 5.10 Å². The van der Waals surface area contributed by atoms with Gasteiger partial charge in [-0.1, -0.05) is 20.3 Å². The predicted octanol–water partition coefficient (Wildman–Crippen LogP) is 4.17. The van der Waals surface area contributed by atoms with Gasteiger partial charge >= 0.3 is 0 Å². The van der Waals surface area contributed by atoms with E-state index >= 15 is 0 Å². The van der Waals surface area contributed by atoms with E-state index in [4.69, 9.17) is 16.3 Å². The van der Waals surface area contributed by atoms with Crippen LogP contribution in [0, 0.1) is 0 Å². The van der Waals surface area contributed by atoms with E-state index in [2.05, 4.69) is 23.9 Å². The van der Waals surface area contributed by atoms with Gasteiger partial charge in [0.05, 0.1) is 12.4 Å². The summed E-state index contributed by atoms with van der Waals surface area (Å²) in [4.78, 5) is 4.50. The highest BCUT2D eigenvalue weighted by atomic mass is 35.5. The summed E-state index contributed by atoms with van der Waals surface area (Å²) in [5.41, 5.74) is 2.04. The lowest BCUT2D eigenvalue weighted by molar-refractivity contribution is 0.458. The molecular weight excluding hydrogens is 274 g/mol. The van der Waals surface area contributed by atoms with Crippen LogP contribution >= 0.6 is 11.6 Å². The quantitative estimate of drug-likeness (QED) is 0.719. The molecule has 0 amide bonds. The first-order valence-electron chi connectivity index (χ1n) is 7.01. The minimum atomic E-state index is 0.463. The molecule has 2 aromatic rings. The maximum Gasteiger partial charge on any atom is 0.219 e. The number of hydrogen-bond donors (Lipinski definition) is 0. The Kier molecular flexibility index (Phi) is 5.41. The van der Waals surface area contributed by atoms with E-state index in [1.807, 2.05) is 23.0 Å². The molecule has 0 aromatic carbocycles. The standard InChI is InChI=1S/C15H20ClN3O/c1-3-5-13-7-12(9-16)8-15(18-13)20-14-10-17-19(11-14)6-4-2/h7-8,10-11H,3-6,9H2,1-2H3. The molecule has 0 saturated heterocycles. The van der Waals surface area contributed by atoms with E-state index in [1.54, 1.807) is 6.20 Å². The topological polar surface area (TPSA) is 39.9 Å². The van der Waals surface area contributed by atoms with Crippen molar-refractivity contribution in [1.29, 1.82) is 0 Å². The van der Waals surface area contributed by atoms with E-state index in [-0.39, 0.29) is 0 Å². The maximum atomic E-state index is 5.92. The summed E-state index contributed by atoms with van der Waals surface area (Å²) in [6, 6.07) is 3.91. The molecule has 2 aromatic heterocycles. The first-order chi connectivity index (χ1) is 9.75. The van der Waals surface area contributed by atoms with Crippen LogP contribution in [0.2, 0.25) is 0 Å². The van der Waals surface area contributed by atoms with Crippen LogP contribution in [0.25, 0.3) is 0 Å². The van der Waals surface area contributed by atoms with Gasteiger partial charge in [-0.15, -0.1) is 11.6 Å². The third-order valence-electron chi connectivity index (χ3n) is 2.86. The number of aromatic nitrogens is 3. The van der Waals surface area contributed by atoms with Crippen LogP contribution in [-0.2, 0) is 18.8 Å². The fraction of sp³-hybridized carbons (Fsp3) is 0.467. The van der Waals surface area contributed by atoms with E-state index in [0.29, 0.717) is 17.5 Å². The van der Waals surface area contributed by atoms with Crippen molar-refractivity contribution < 1.29 is 4.74 Å². The minimum Gasteiger partial charge on any atom is -0.436 e. The summed E-state index contributed by atoms with van der Waals surface area (Å²) in [5.74, 6) is 1.76. The monoisotopic (exact) mass is 293 g/mol. The fourth-order valence-electron chi connectivity index (χ4n) is 2.00. The van der Waals surface area contributed by atoms with Gasteiger partial charge in [0.25, 0.3) is 0 Å². The summed E-state index contributed by atoms with van der Waals surface area (Å²) in [5, 5.41) is 4.24. The van der Waals surface area contributed by atoms with Crippen molar-refractivity contribution in [3.63, 3.8) is 0 Å². The first-order valence-corrected chi connectivity index (χ1v) is 7.54. The zero-order valence-electron chi connectivity index (χ0n) is 12.0. The largest absolute Gasteiger partial charge is 0.436 e. The van der Waals surface area contributed by atoms with Crippen molar-refractivity contribution in [3.8, 4) is 11.6 Å². The molecule has 0 aliphatic carbocycles. The second kappa shape index (κ2) is 7.29. The van der Waals surface area contributed by atoms with Gasteiger partial charge < -0.3 is 4.74 Å². The van der Waals surface area contributed by atoms with Gasteiger partial charge in [-0.25, -0.2) is 4.98 Å². The highest BCUT2D eigenvalue weighted by Gasteiger charge is 2.06. The molecule has 0 bridgehead atoms. The van der Waals surface area contributed by atoms with Crippen molar-refractivity contribution >= 4 is 11.6 Å². The van der Waals surface area contributed by atoms with Crippen molar-refractivity contribution in [2.45, 2.75) is 45.5 Å². The lowest BCUT2D eigenvalue weighted by Crippen LogP contribution is -1.96. The van der Waals surface area contributed by atoms with Crippen LogP contribution in [0.1, 0.15) is 37.9 Å². The number of halogens is 1. The smallest absolute Gasteiger partial charge is 0.219 e. The second-order valence-electron chi connectivity index (χ2n) is 4.73. The number of nitrogens with zero attached hydrogens (tertiary/aromatic N) is 3. The van der Waals surface area contributed by atoms with Crippen LogP contribution < -0.4 is 4.74 Å². The molecule has 0 unspecified atom stereocenters. The summed E-state index contributed by atoms with van der Waals surface area (Å²) in [6.45, 7) is 5.13. The Labute approximate surface area is 124 Å². The van der Waals surface area contributed by atoms with Crippen LogP contribution in [0.3, 0.4) is 0 Å². The fourth-order valence-corrected chi connectivity index (χ4v) is 2.16. The molecule has 0 saturated carbocycles. The number of aryl methyl sites for hydroxylation is 2. The molecule has 0 radical (unpaired) electrons. The normalized spacial score (nSPS) is 10.8. The lowest BCUT2D eigenvalue weighted by Gasteiger charge is -2.07. The summed E-state index contributed by atoms with van der Waals surface area (Å²) >= 11 is 5.92. The number of ether oxygens (including phenoxy) is 1. The Morgan fingerprint density at radius 2 is 2.10 bits per heavy atom. The van der Waals surface area contributed by atoms with E-state index < -0.39 is 0 Å². The Morgan fingerprint density at radius 3 is 2.80 bits per heavy atom. The molecule has 2 heterocycles. The van der Waals surface area contributed by atoms with Crippen molar-refractivity contribution in [1.82, 2.24) is 14.8 Å². The van der Waals surface area contributed by atoms with Crippen LogP contribution in [0.5, 0.6) is 11.6 Å². The molecular formula is C15H20ClN3O. The van der Waals surface area contributed by atoms with E-state index in [9.17, 15) is 0 Å². The van der Waals surface area contributed by atoms with Gasteiger partial charge in [0, 0.05) is 24.2 Å². The van der Waals surface area contributed by atoms with E-state index in [0.717, 1.165) is 37.1 Å². The Balaban J connectivity index is 2.16. The predicted molar refractivity (Wildman–Crippen MR) is 80.4 cm³/mol. The third kappa shape index (κ3) is 3.97. The molecule has 0 spiro atoms. The minimum absolute atomic E-state index is 0.463. The van der Waals surface area contributed by atoms with Gasteiger partial charge in [0.15, 0.2) is 5.75 Å². The maximum absolute atomic E-state index is 5.92. The summed E-state index contributed by atoms with van der Waals surface area (Å²) in [7, 11) is 0. The number of alkyl halides is 1. The zero-order valence-corrected chi connectivity index (χ0v) is 12.7. The van der Waals surface area contributed by atoms with Crippen LogP contribution in [0.4, 0.5) is 0 Å². The SMILES string of the molecule is CCCc1cc(CCl)cc(Oc2cnn(CCC)c2)n1. The molecule has 5 heteroatoms. The second-order valence-corrected chi connectivity index (χ2v) is 5.00. The van der Waals surface area contributed by atoms with Crippen molar-refractivity contribution in [3.05, 3.63) is 35.8 Å². The Bertz CT molecular complexity index is 554. The first kappa shape index (κ1) is 14.9. The van der Waals surface area contributed by atoms with Gasteiger partial charge in [-0.05, 0) is 24.5 Å². The van der Waals surface area contributed by atoms with Gasteiger partial charge in [0.1, 0.15) is 0 Å². The average Bonchev–Trinajstić information content (AvgIpc) is 2.86. The average molecular weight is 294 g/mol. The number of pyridine rings is 1. The molecule has 0 aliphatic heterocycles. The van der Waals surface area contributed by atoms with Crippen LogP contribution in [0.15, 0.2) is 24.5 Å².